The number of benzene rings is 14. The van der Waals surface area contributed by atoms with Crippen molar-refractivity contribution in [1.82, 2.24) is 0 Å². The first kappa shape index (κ1) is 69.1. The van der Waals surface area contributed by atoms with Crippen molar-refractivity contribution in [3.8, 4) is 0 Å². The Morgan fingerprint density at radius 2 is 0.681 bits per heavy atom. The van der Waals surface area contributed by atoms with Gasteiger partial charge in [0.1, 0.15) is 22.3 Å². The third kappa shape index (κ3) is 10.8. The van der Waals surface area contributed by atoms with E-state index in [1.807, 2.05) is 42.5 Å². The van der Waals surface area contributed by atoms with Crippen LogP contribution in [0.25, 0.3) is 87.8 Å². The van der Waals surface area contributed by atoms with Gasteiger partial charge in [-0.15, -0.1) is 0 Å². The number of rotatable bonds is 8. The van der Waals surface area contributed by atoms with Gasteiger partial charge in [0.25, 0.3) is 6.71 Å². The number of fused-ring (bicyclic) bond motifs is 18. The number of furan rings is 4. The fraction of sp³-hybridized carbons (Fsp3) is 0.176. The van der Waals surface area contributed by atoms with Crippen molar-refractivity contribution in [3.05, 3.63) is 316 Å². The molecule has 113 heavy (non-hydrogen) atoms. The first-order valence-corrected chi connectivity index (χ1v) is 40.4. The minimum absolute atomic E-state index is 0.0228. The van der Waals surface area contributed by atoms with Gasteiger partial charge in [-0.1, -0.05) is 224 Å². The minimum atomic E-state index is -0.0405. The predicted molar refractivity (Wildman–Crippen MR) is 475 cm³/mol. The van der Waals surface area contributed by atoms with E-state index >= 15 is 0 Å². The quantitative estimate of drug-likeness (QED) is 0.139. The molecule has 22 rings (SSSR count). The van der Waals surface area contributed by atoms with E-state index in [0.29, 0.717) is 10.0 Å². The Labute approximate surface area is 668 Å². The summed E-state index contributed by atoms with van der Waals surface area (Å²) >= 11 is 13.7. The van der Waals surface area contributed by atoms with Gasteiger partial charge in [-0.25, -0.2) is 0 Å². The van der Waals surface area contributed by atoms with Gasteiger partial charge in [-0.05, 0) is 238 Å². The maximum atomic E-state index is 6.99. The van der Waals surface area contributed by atoms with Crippen LogP contribution in [0.3, 0.4) is 0 Å². The van der Waals surface area contributed by atoms with Crippen LogP contribution in [0.2, 0.25) is 10.0 Å². The Morgan fingerprint density at radius 3 is 1.18 bits per heavy atom. The summed E-state index contributed by atoms with van der Waals surface area (Å²) in [5, 5.41) is 10.2. The first-order valence-electron chi connectivity index (χ1n) is 39.6. The van der Waals surface area contributed by atoms with Gasteiger partial charge >= 0.3 is 0 Å². The first-order chi connectivity index (χ1) is 54.6. The standard InChI is InChI=1S/C51H40BClN2O2.C51H43ClN2O2/c1-29-24-43-47-44(25-29)55(40-17-11-15-34-32-13-7-9-19-46(32)57-49(34)40)42-28-36-35(50(2,3)22-23-51(36,4)5)27-38(42)52(47)37-21-20-30(53)26-41(37)54(43)39-16-10-14-33-31-12-6-8-18-45(31)56-48(33)39;1-32-27-36(53(34-14-10-13-33(52)29-34)44-19-11-17-40-38-15-6-8-21-46(38)55-48(40)44)30-37(28-32)54(35-23-24-42-43(31-35)51(4,5)26-25-50(42,2)3)45-20-12-18-41-39-16-7-9-22-47(39)56-49(41)45/h6-21,24-28H,22-23H2,1-5H3;6-24,27-31H,25-26H2,1-5H3. The van der Waals surface area contributed by atoms with Crippen LogP contribution in [0, 0.1) is 13.8 Å². The molecular formula is C102H83BCl2N4O4. The van der Waals surface area contributed by atoms with Crippen molar-refractivity contribution < 1.29 is 17.7 Å². The van der Waals surface area contributed by atoms with Gasteiger partial charge in [-0.3, -0.25) is 0 Å². The summed E-state index contributed by atoms with van der Waals surface area (Å²) in [4.78, 5) is 9.58. The van der Waals surface area contributed by atoms with Crippen LogP contribution in [0.15, 0.2) is 291 Å². The molecule has 0 saturated heterocycles. The smallest absolute Gasteiger partial charge is 0.252 e. The highest BCUT2D eigenvalue weighted by molar-refractivity contribution is 7.00. The monoisotopic (exact) mass is 1510 g/mol. The van der Waals surface area contributed by atoms with Crippen molar-refractivity contribution in [3.63, 3.8) is 0 Å². The van der Waals surface area contributed by atoms with Crippen LogP contribution in [0.4, 0.5) is 68.2 Å². The molecule has 0 amide bonds. The number of hydrogen-bond donors (Lipinski definition) is 0. The molecule has 0 radical (unpaired) electrons. The van der Waals surface area contributed by atoms with E-state index < -0.39 is 0 Å². The van der Waals surface area contributed by atoms with Crippen molar-refractivity contribution >= 4 is 202 Å². The van der Waals surface area contributed by atoms with Crippen molar-refractivity contribution in [2.24, 2.45) is 0 Å². The molecule has 0 fully saturated rings. The zero-order valence-electron chi connectivity index (χ0n) is 65.1. The van der Waals surface area contributed by atoms with Crippen molar-refractivity contribution in [2.75, 3.05) is 19.6 Å². The Balaban J connectivity index is 0.000000142. The van der Waals surface area contributed by atoms with E-state index in [9.17, 15) is 0 Å². The Bertz CT molecular complexity index is 7030. The molecule has 0 N–H and O–H groups in total. The van der Waals surface area contributed by atoms with Crippen LogP contribution < -0.4 is 36.0 Å². The number of nitrogens with zero attached hydrogens (tertiary/aromatic N) is 4. The maximum absolute atomic E-state index is 6.99. The average molecular weight is 1510 g/mol. The normalized spacial score (nSPS) is 15.5. The summed E-state index contributed by atoms with van der Waals surface area (Å²) in [7, 11) is 0. The highest BCUT2D eigenvalue weighted by Gasteiger charge is 2.48. The van der Waals surface area contributed by atoms with Crippen molar-refractivity contribution in [2.45, 2.75) is 117 Å². The number of para-hydroxylation sites is 8. The zero-order chi connectivity index (χ0) is 76.9. The largest absolute Gasteiger partial charge is 0.454 e. The lowest BCUT2D eigenvalue weighted by Crippen LogP contribution is -2.61. The lowest BCUT2D eigenvalue weighted by atomic mass is 9.33. The Hall–Kier alpha value is -11.9. The molecule has 18 aromatic rings. The van der Waals surface area contributed by atoms with E-state index in [0.717, 1.165) is 182 Å². The molecule has 0 unspecified atom stereocenters. The van der Waals surface area contributed by atoms with E-state index in [4.69, 9.17) is 40.9 Å². The van der Waals surface area contributed by atoms with E-state index in [1.165, 1.54) is 49.9 Å². The number of aryl methyl sites for hydroxylation is 2. The molecule has 11 heteroatoms. The van der Waals surface area contributed by atoms with Crippen LogP contribution in [-0.4, -0.2) is 6.71 Å². The van der Waals surface area contributed by atoms with Crippen molar-refractivity contribution in [1.29, 1.82) is 0 Å². The number of anilines is 12. The van der Waals surface area contributed by atoms with Crippen LogP contribution in [-0.2, 0) is 21.7 Å². The molecule has 0 atom stereocenters. The SMILES string of the molecule is Cc1cc(N(c2cccc(Cl)c2)c2cccc3c2oc2ccccc23)cc(N(c2ccc3c(c2)C(C)(C)CCC3(C)C)c2cccc3c2oc2ccccc23)c1.Cc1cc2c3c(c1)N(c1cccc4c1oc1ccccc14)c1cc4c(cc1B3c1ccc(Cl)cc1N2c1cccc2c1oc1ccccc12)C(C)(C)CCC4(C)C. The zero-order valence-corrected chi connectivity index (χ0v) is 66.6. The van der Waals surface area contributed by atoms with Gasteiger partial charge in [0.15, 0.2) is 22.3 Å². The highest BCUT2D eigenvalue weighted by atomic mass is 35.5. The van der Waals surface area contributed by atoms with Gasteiger partial charge in [0.05, 0.1) is 22.7 Å². The molecule has 2 aliphatic carbocycles. The minimum Gasteiger partial charge on any atom is -0.454 e. The second kappa shape index (κ2) is 25.3. The van der Waals surface area contributed by atoms with E-state index in [-0.39, 0.29) is 28.4 Å². The van der Waals surface area contributed by atoms with Gasteiger partial charge in [0.2, 0.25) is 0 Å². The lowest BCUT2D eigenvalue weighted by molar-refractivity contribution is 0.332. The maximum Gasteiger partial charge on any atom is 0.252 e. The lowest BCUT2D eigenvalue weighted by Gasteiger charge is -2.47. The molecule has 4 aromatic heterocycles. The summed E-state index contributed by atoms with van der Waals surface area (Å²) in [6, 6.07) is 97.5. The Kier molecular flexibility index (Phi) is 15.5. The molecule has 6 heterocycles. The van der Waals surface area contributed by atoms with E-state index in [2.05, 4.69) is 319 Å². The van der Waals surface area contributed by atoms with E-state index in [1.54, 1.807) is 0 Å². The molecule has 14 aromatic carbocycles. The fourth-order valence-electron chi connectivity index (χ4n) is 19.5. The highest BCUT2D eigenvalue weighted by Crippen LogP contribution is 2.56. The summed E-state index contributed by atoms with van der Waals surface area (Å²) in [6.07, 6.45) is 4.57. The predicted octanol–water partition coefficient (Wildman–Crippen LogP) is 28.6. The summed E-state index contributed by atoms with van der Waals surface area (Å²) in [5.41, 5.74) is 31.4. The number of hydrogen-bond acceptors (Lipinski definition) is 8. The summed E-state index contributed by atoms with van der Waals surface area (Å²) in [6.45, 7) is 23.6. The number of halogens is 2. The second-order valence-electron chi connectivity index (χ2n) is 34.4. The Morgan fingerprint density at radius 1 is 0.292 bits per heavy atom. The molecular weight excluding hydrogens is 1430 g/mol. The molecule has 0 saturated carbocycles. The molecule has 4 aliphatic rings. The van der Waals surface area contributed by atoms with Gasteiger partial charge < -0.3 is 37.3 Å². The van der Waals surface area contributed by atoms with Gasteiger partial charge in [0, 0.05) is 98.6 Å². The van der Waals surface area contributed by atoms with Crippen LogP contribution in [0.5, 0.6) is 0 Å². The molecule has 2 aliphatic heterocycles. The summed E-state index contributed by atoms with van der Waals surface area (Å²) < 4.78 is 27.0. The third-order valence-corrected chi connectivity index (χ3v) is 25.8. The van der Waals surface area contributed by atoms with Crippen LogP contribution >= 0.6 is 23.2 Å². The molecule has 552 valence electrons. The molecule has 0 bridgehead atoms. The average Bonchev–Trinajstić information content (AvgIpc) is 1.08. The van der Waals surface area contributed by atoms with Gasteiger partial charge in [-0.2, -0.15) is 0 Å². The molecule has 0 spiro atoms. The summed E-state index contributed by atoms with van der Waals surface area (Å²) in [5.74, 6) is 0. The fourth-order valence-corrected chi connectivity index (χ4v) is 19.9. The third-order valence-electron chi connectivity index (χ3n) is 25.4. The second-order valence-corrected chi connectivity index (χ2v) is 35.3. The van der Waals surface area contributed by atoms with Crippen LogP contribution in [0.1, 0.15) is 114 Å². The topological polar surface area (TPSA) is 65.5 Å². The molecule has 8 nitrogen and oxygen atoms in total.